The van der Waals surface area contributed by atoms with E-state index < -0.39 is 0 Å². The van der Waals surface area contributed by atoms with Gasteiger partial charge in [0, 0.05) is 24.0 Å². The third-order valence-electron chi connectivity index (χ3n) is 3.34. The lowest BCUT2D eigenvalue weighted by atomic mass is 10.2. The number of aryl methyl sites for hydroxylation is 1. The third kappa shape index (κ3) is 2.62. The molecule has 1 N–H and O–H groups in total. The Morgan fingerprint density at radius 3 is 2.62 bits per heavy atom. The van der Waals surface area contributed by atoms with Crippen LogP contribution in [0.5, 0.6) is 0 Å². The molecule has 0 unspecified atom stereocenters. The van der Waals surface area contributed by atoms with Crippen LogP contribution < -0.4 is 5.32 Å². The Morgan fingerprint density at radius 2 is 1.90 bits per heavy atom. The average Bonchev–Trinajstić information content (AvgIpc) is 2.86. The Bertz CT molecular complexity index is 793. The molecule has 21 heavy (non-hydrogen) atoms. The topological polar surface area (TPSA) is 46.9 Å². The maximum Gasteiger partial charge on any atom is 0.276 e. The number of hydrogen-bond donors (Lipinski definition) is 1. The molecule has 0 saturated heterocycles. The molecule has 2 aromatic carbocycles. The molecule has 0 radical (unpaired) electrons. The highest BCUT2D eigenvalue weighted by Gasteiger charge is 2.15. The zero-order valence-electron chi connectivity index (χ0n) is 11.5. The van der Waals surface area contributed by atoms with Gasteiger partial charge in [-0.3, -0.25) is 9.48 Å². The molecule has 0 aliphatic carbocycles. The van der Waals surface area contributed by atoms with Crippen molar-refractivity contribution < 1.29 is 4.79 Å². The van der Waals surface area contributed by atoms with Crippen molar-refractivity contribution >= 4 is 34.1 Å². The number of alkyl halides is 1. The van der Waals surface area contributed by atoms with Crippen molar-refractivity contribution in [2.45, 2.75) is 5.88 Å². The summed E-state index contributed by atoms with van der Waals surface area (Å²) in [4.78, 5) is 12.4. The molecule has 0 aliphatic rings. The van der Waals surface area contributed by atoms with Gasteiger partial charge in [-0.25, -0.2) is 0 Å². The summed E-state index contributed by atoms with van der Waals surface area (Å²) in [5, 5.41) is 8.00. The number of rotatable bonds is 3. The van der Waals surface area contributed by atoms with Gasteiger partial charge in [-0.15, -0.1) is 11.6 Å². The number of halogens is 1. The minimum Gasteiger partial charge on any atom is -0.321 e. The highest BCUT2D eigenvalue weighted by molar-refractivity contribution is 6.17. The summed E-state index contributed by atoms with van der Waals surface area (Å²) >= 11 is 5.75. The van der Waals surface area contributed by atoms with E-state index in [-0.39, 0.29) is 5.91 Å². The second-order valence-corrected chi connectivity index (χ2v) is 5.04. The number of anilines is 1. The van der Waals surface area contributed by atoms with Crippen LogP contribution in [0, 0.1) is 0 Å². The first kappa shape index (κ1) is 13.6. The third-order valence-corrected chi connectivity index (χ3v) is 3.65. The van der Waals surface area contributed by atoms with E-state index in [1.807, 2.05) is 55.6 Å². The van der Waals surface area contributed by atoms with Crippen LogP contribution in [0.3, 0.4) is 0 Å². The van der Waals surface area contributed by atoms with Gasteiger partial charge in [0.2, 0.25) is 0 Å². The number of nitrogens with zero attached hydrogens (tertiary/aromatic N) is 2. The second kappa shape index (κ2) is 5.58. The van der Waals surface area contributed by atoms with Crippen LogP contribution in [0.1, 0.15) is 16.1 Å². The summed E-state index contributed by atoms with van der Waals surface area (Å²) in [6.45, 7) is 0. The van der Waals surface area contributed by atoms with Crippen molar-refractivity contribution in [1.82, 2.24) is 9.78 Å². The Morgan fingerprint density at radius 1 is 1.19 bits per heavy atom. The lowest BCUT2D eigenvalue weighted by Crippen LogP contribution is -2.13. The maximum absolute atomic E-state index is 12.4. The zero-order valence-corrected chi connectivity index (χ0v) is 12.3. The number of carbonyl (C=O) groups is 1. The van der Waals surface area contributed by atoms with Gasteiger partial charge in [-0.2, -0.15) is 5.10 Å². The molecule has 3 rings (SSSR count). The molecule has 0 atom stereocenters. The van der Waals surface area contributed by atoms with E-state index in [9.17, 15) is 4.79 Å². The zero-order chi connectivity index (χ0) is 14.8. The standard InChI is InChI=1S/C16H14ClN3O/c1-20-14-5-3-2-4-13(14)15(19-20)16(21)18-12-8-6-11(10-17)7-9-12/h2-9H,10H2,1H3,(H,18,21). The molecular formula is C16H14ClN3O. The Balaban J connectivity index is 1.90. The van der Waals surface area contributed by atoms with Gasteiger partial charge in [0.15, 0.2) is 5.69 Å². The van der Waals surface area contributed by atoms with Gasteiger partial charge in [-0.05, 0) is 23.8 Å². The van der Waals surface area contributed by atoms with E-state index in [2.05, 4.69) is 10.4 Å². The molecule has 5 heteroatoms. The van der Waals surface area contributed by atoms with Crippen molar-refractivity contribution in [3.63, 3.8) is 0 Å². The van der Waals surface area contributed by atoms with E-state index in [0.29, 0.717) is 11.6 Å². The van der Waals surface area contributed by atoms with Gasteiger partial charge >= 0.3 is 0 Å². The van der Waals surface area contributed by atoms with Crippen LogP contribution in [0.2, 0.25) is 0 Å². The van der Waals surface area contributed by atoms with Crippen molar-refractivity contribution in [1.29, 1.82) is 0 Å². The maximum atomic E-state index is 12.4. The van der Waals surface area contributed by atoms with Gasteiger partial charge in [0.05, 0.1) is 5.52 Å². The largest absolute Gasteiger partial charge is 0.321 e. The molecule has 1 amide bonds. The van der Waals surface area contributed by atoms with Crippen LogP contribution in [-0.4, -0.2) is 15.7 Å². The van der Waals surface area contributed by atoms with Crippen LogP contribution in [-0.2, 0) is 12.9 Å². The normalized spacial score (nSPS) is 10.8. The average molecular weight is 300 g/mol. The highest BCUT2D eigenvalue weighted by Crippen LogP contribution is 2.19. The number of hydrogen-bond acceptors (Lipinski definition) is 2. The van der Waals surface area contributed by atoms with E-state index in [4.69, 9.17) is 11.6 Å². The van der Waals surface area contributed by atoms with E-state index >= 15 is 0 Å². The Hall–Kier alpha value is -2.33. The number of aromatic nitrogens is 2. The molecule has 4 nitrogen and oxygen atoms in total. The first-order valence-corrected chi connectivity index (χ1v) is 7.10. The number of nitrogens with one attached hydrogen (secondary N) is 1. The molecule has 1 heterocycles. The van der Waals surface area contributed by atoms with Crippen LogP contribution in [0.15, 0.2) is 48.5 Å². The molecule has 0 aliphatic heterocycles. The summed E-state index contributed by atoms with van der Waals surface area (Å²) < 4.78 is 1.71. The molecule has 0 spiro atoms. The predicted molar refractivity (Wildman–Crippen MR) is 84.7 cm³/mol. The highest BCUT2D eigenvalue weighted by atomic mass is 35.5. The number of para-hydroxylation sites is 1. The van der Waals surface area contributed by atoms with Gasteiger partial charge in [0.25, 0.3) is 5.91 Å². The molecule has 0 bridgehead atoms. The van der Waals surface area contributed by atoms with Crippen LogP contribution >= 0.6 is 11.6 Å². The van der Waals surface area contributed by atoms with E-state index in [0.717, 1.165) is 22.2 Å². The van der Waals surface area contributed by atoms with Gasteiger partial charge < -0.3 is 5.32 Å². The smallest absolute Gasteiger partial charge is 0.276 e. The summed E-state index contributed by atoms with van der Waals surface area (Å²) in [5.74, 6) is 0.240. The fourth-order valence-electron chi connectivity index (χ4n) is 2.25. The Kier molecular flexibility index (Phi) is 3.62. The summed E-state index contributed by atoms with van der Waals surface area (Å²) in [6.07, 6.45) is 0. The monoisotopic (exact) mass is 299 g/mol. The lowest BCUT2D eigenvalue weighted by molar-refractivity contribution is 0.102. The molecular weight excluding hydrogens is 286 g/mol. The fraction of sp³-hybridized carbons (Fsp3) is 0.125. The van der Waals surface area contributed by atoms with Gasteiger partial charge in [0.1, 0.15) is 0 Å². The van der Waals surface area contributed by atoms with E-state index in [1.54, 1.807) is 4.68 Å². The van der Waals surface area contributed by atoms with Crippen LogP contribution in [0.4, 0.5) is 5.69 Å². The van der Waals surface area contributed by atoms with Crippen molar-refractivity contribution in [2.24, 2.45) is 7.05 Å². The minimum atomic E-state index is -0.217. The summed E-state index contributed by atoms with van der Waals surface area (Å²) in [7, 11) is 1.83. The molecule has 3 aromatic rings. The molecule has 1 aromatic heterocycles. The van der Waals surface area contributed by atoms with Crippen molar-refractivity contribution in [3.8, 4) is 0 Å². The lowest BCUT2D eigenvalue weighted by Gasteiger charge is -2.04. The summed E-state index contributed by atoms with van der Waals surface area (Å²) in [5.41, 5.74) is 3.09. The molecule has 106 valence electrons. The van der Waals surface area contributed by atoms with Gasteiger partial charge in [-0.1, -0.05) is 30.3 Å². The minimum absolute atomic E-state index is 0.217. The van der Waals surface area contributed by atoms with E-state index in [1.165, 1.54) is 0 Å². The number of amides is 1. The fourth-order valence-corrected chi connectivity index (χ4v) is 2.43. The van der Waals surface area contributed by atoms with Crippen molar-refractivity contribution in [2.75, 3.05) is 5.32 Å². The molecule has 0 saturated carbocycles. The summed E-state index contributed by atoms with van der Waals surface area (Å²) in [6, 6.07) is 15.1. The second-order valence-electron chi connectivity index (χ2n) is 4.77. The quantitative estimate of drug-likeness (QED) is 0.752. The number of carbonyl (C=O) groups excluding carboxylic acids is 1. The SMILES string of the molecule is Cn1nc(C(=O)Nc2ccc(CCl)cc2)c2ccccc21. The first-order chi connectivity index (χ1) is 10.2. The molecule has 0 fully saturated rings. The first-order valence-electron chi connectivity index (χ1n) is 6.57. The Labute approximate surface area is 127 Å². The number of fused-ring (bicyclic) bond motifs is 1. The van der Waals surface area contributed by atoms with Crippen molar-refractivity contribution in [3.05, 3.63) is 59.8 Å². The predicted octanol–water partition coefficient (Wildman–Crippen LogP) is 3.56. The number of benzene rings is 2. The van der Waals surface area contributed by atoms with Crippen LogP contribution in [0.25, 0.3) is 10.9 Å².